The van der Waals surface area contributed by atoms with Crippen molar-refractivity contribution in [2.45, 2.75) is 69.7 Å². The average molecular weight is 381 g/mol. The Hall–Kier alpha value is -1.67. The number of amides is 3. The van der Waals surface area contributed by atoms with Crippen LogP contribution in [0, 0.1) is 11.8 Å². The van der Waals surface area contributed by atoms with Crippen molar-refractivity contribution in [3.63, 3.8) is 0 Å². The third kappa shape index (κ3) is 2.84. The molecule has 3 unspecified atom stereocenters. The standard InChI is InChI=1S/C19H31N3O5/c1-5-6-11(2)21-16(25)14-19-8-7-18(3,27-19)12(15(24)20-4)13(19)17(26)22(14)9-10-23/h11-14,23H,5-10H2,1-4H3,(H,20,24)(H,21,25)/t11?,12-,13+,14?,18+,19?/m1/s1. The maximum atomic E-state index is 13.2. The quantitative estimate of drug-likeness (QED) is 0.566. The zero-order chi connectivity index (χ0) is 20.0. The summed E-state index contributed by atoms with van der Waals surface area (Å²) >= 11 is 0. The van der Waals surface area contributed by atoms with Crippen molar-refractivity contribution >= 4 is 17.7 Å². The fourth-order valence-electron chi connectivity index (χ4n) is 5.46. The van der Waals surface area contributed by atoms with Gasteiger partial charge in [-0.3, -0.25) is 14.4 Å². The Labute approximate surface area is 160 Å². The molecule has 0 aromatic heterocycles. The van der Waals surface area contributed by atoms with Crippen molar-refractivity contribution in [2.24, 2.45) is 11.8 Å². The monoisotopic (exact) mass is 381 g/mol. The summed E-state index contributed by atoms with van der Waals surface area (Å²) < 4.78 is 6.36. The number of nitrogens with zero attached hydrogens (tertiary/aromatic N) is 1. The van der Waals surface area contributed by atoms with Crippen LogP contribution in [0.2, 0.25) is 0 Å². The van der Waals surface area contributed by atoms with Crippen molar-refractivity contribution in [1.29, 1.82) is 0 Å². The van der Waals surface area contributed by atoms with Crippen LogP contribution in [-0.2, 0) is 19.1 Å². The molecular formula is C19H31N3O5. The van der Waals surface area contributed by atoms with Crippen LogP contribution in [0.3, 0.4) is 0 Å². The highest BCUT2D eigenvalue weighted by atomic mass is 16.5. The maximum Gasteiger partial charge on any atom is 0.246 e. The fourth-order valence-corrected chi connectivity index (χ4v) is 5.46. The molecule has 3 heterocycles. The zero-order valence-corrected chi connectivity index (χ0v) is 16.6. The number of carbonyl (C=O) groups is 3. The summed E-state index contributed by atoms with van der Waals surface area (Å²) in [5, 5.41) is 15.1. The van der Waals surface area contributed by atoms with Gasteiger partial charge >= 0.3 is 0 Å². The van der Waals surface area contributed by atoms with Gasteiger partial charge in [0.25, 0.3) is 0 Å². The highest BCUT2D eigenvalue weighted by Gasteiger charge is 2.77. The van der Waals surface area contributed by atoms with Gasteiger partial charge in [-0.2, -0.15) is 0 Å². The van der Waals surface area contributed by atoms with Crippen LogP contribution >= 0.6 is 0 Å². The smallest absolute Gasteiger partial charge is 0.246 e. The Balaban J connectivity index is 1.99. The molecule has 2 bridgehead atoms. The van der Waals surface area contributed by atoms with Gasteiger partial charge in [0.1, 0.15) is 11.6 Å². The summed E-state index contributed by atoms with van der Waals surface area (Å²) in [5.74, 6) is -2.09. The number of ether oxygens (including phenoxy) is 1. The first-order valence-corrected chi connectivity index (χ1v) is 9.89. The van der Waals surface area contributed by atoms with Gasteiger partial charge in [0.05, 0.1) is 24.0 Å². The topological polar surface area (TPSA) is 108 Å². The summed E-state index contributed by atoms with van der Waals surface area (Å²) in [6.07, 6.45) is 2.94. The highest BCUT2D eigenvalue weighted by Crippen LogP contribution is 2.62. The lowest BCUT2D eigenvalue weighted by Gasteiger charge is -2.34. The summed E-state index contributed by atoms with van der Waals surface area (Å²) in [5.41, 5.74) is -1.76. The molecule has 27 heavy (non-hydrogen) atoms. The third-order valence-electron chi connectivity index (χ3n) is 6.51. The summed E-state index contributed by atoms with van der Waals surface area (Å²) in [6, 6.07) is -0.842. The third-order valence-corrected chi connectivity index (χ3v) is 6.51. The van der Waals surface area contributed by atoms with Gasteiger partial charge in [0, 0.05) is 19.6 Å². The van der Waals surface area contributed by atoms with Crippen molar-refractivity contribution < 1.29 is 24.2 Å². The lowest BCUT2D eigenvalue weighted by atomic mass is 9.66. The number of carbonyl (C=O) groups excluding carboxylic acids is 3. The van der Waals surface area contributed by atoms with E-state index in [1.807, 2.05) is 20.8 Å². The summed E-state index contributed by atoms with van der Waals surface area (Å²) in [6.45, 7) is 5.65. The highest BCUT2D eigenvalue weighted by molar-refractivity contribution is 5.99. The van der Waals surface area contributed by atoms with Gasteiger partial charge in [-0.05, 0) is 33.1 Å². The lowest BCUT2D eigenvalue weighted by molar-refractivity contribution is -0.146. The Morgan fingerprint density at radius 1 is 1.37 bits per heavy atom. The van der Waals surface area contributed by atoms with Crippen LogP contribution in [0.4, 0.5) is 0 Å². The molecule has 0 aromatic rings. The number of hydrogen-bond acceptors (Lipinski definition) is 5. The first-order chi connectivity index (χ1) is 12.8. The molecule has 0 aliphatic carbocycles. The van der Waals surface area contributed by atoms with Gasteiger partial charge in [-0.1, -0.05) is 13.3 Å². The molecule has 8 heteroatoms. The minimum Gasteiger partial charge on any atom is -0.395 e. The fraction of sp³-hybridized carbons (Fsp3) is 0.842. The van der Waals surface area contributed by atoms with Crippen LogP contribution in [0.25, 0.3) is 0 Å². The van der Waals surface area contributed by atoms with E-state index in [9.17, 15) is 19.5 Å². The van der Waals surface area contributed by atoms with Gasteiger partial charge < -0.3 is 25.4 Å². The van der Waals surface area contributed by atoms with Crippen LogP contribution in [-0.4, -0.2) is 71.2 Å². The van der Waals surface area contributed by atoms with E-state index in [4.69, 9.17) is 4.74 Å². The largest absolute Gasteiger partial charge is 0.395 e. The number of aliphatic hydroxyl groups excluding tert-OH is 1. The lowest BCUT2D eigenvalue weighted by Crippen LogP contribution is -2.56. The molecule has 3 amide bonds. The number of fused-ring (bicyclic) bond motifs is 1. The Morgan fingerprint density at radius 3 is 2.67 bits per heavy atom. The van der Waals surface area contributed by atoms with Crippen molar-refractivity contribution in [3.8, 4) is 0 Å². The van der Waals surface area contributed by atoms with Gasteiger partial charge in [-0.15, -0.1) is 0 Å². The van der Waals surface area contributed by atoms with Crippen molar-refractivity contribution in [2.75, 3.05) is 20.2 Å². The number of β-amino-alcohol motifs (C(OH)–C–C–N with tert-alkyl or cyclic N) is 1. The Morgan fingerprint density at radius 2 is 2.07 bits per heavy atom. The second kappa shape index (κ2) is 7.05. The average Bonchev–Trinajstić information content (AvgIpc) is 3.16. The molecule has 3 N–H and O–H groups in total. The molecule has 3 rings (SSSR count). The second-order valence-electron chi connectivity index (χ2n) is 8.30. The number of hydrogen-bond donors (Lipinski definition) is 3. The molecule has 152 valence electrons. The van der Waals surface area contributed by atoms with Crippen LogP contribution < -0.4 is 10.6 Å². The minimum atomic E-state index is -1.01. The van der Waals surface area contributed by atoms with E-state index in [0.29, 0.717) is 12.8 Å². The number of likely N-dealkylation sites (tertiary alicyclic amines) is 1. The maximum absolute atomic E-state index is 13.2. The molecule has 8 nitrogen and oxygen atoms in total. The zero-order valence-electron chi connectivity index (χ0n) is 16.6. The Kier molecular flexibility index (Phi) is 5.24. The van der Waals surface area contributed by atoms with E-state index >= 15 is 0 Å². The minimum absolute atomic E-state index is 0.0204. The molecule has 3 aliphatic rings. The molecule has 0 saturated carbocycles. The van der Waals surface area contributed by atoms with Gasteiger partial charge in [0.2, 0.25) is 17.7 Å². The van der Waals surface area contributed by atoms with E-state index < -0.39 is 29.1 Å². The van der Waals surface area contributed by atoms with Gasteiger partial charge in [0.15, 0.2) is 0 Å². The molecule has 6 atom stereocenters. The predicted molar refractivity (Wildman–Crippen MR) is 97.6 cm³/mol. The summed E-state index contributed by atoms with van der Waals surface area (Å²) in [7, 11) is 1.55. The number of aliphatic hydroxyl groups is 1. The van der Waals surface area contributed by atoms with E-state index in [2.05, 4.69) is 10.6 Å². The molecule has 0 aromatic carbocycles. The van der Waals surface area contributed by atoms with E-state index in [1.165, 1.54) is 4.90 Å². The van der Waals surface area contributed by atoms with Crippen LogP contribution in [0.5, 0.6) is 0 Å². The van der Waals surface area contributed by atoms with Crippen molar-refractivity contribution in [1.82, 2.24) is 15.5 Å². The molecule has 3 saturated heterocycles. The molecule has 3 aliphatic heterocycles. The predicted octanol–water partition coefficient (Wildman–Crippen LogP) is -0.206. The number of nitrogens with one attached hydrogen (secondary N) is 2. The molecule has 1 spiro atoms. The van der Waals surface area contributed by atoms with E-state index in [1.54, 1.807) is 7.05 Å². The molecule has 3 fully saturated rings. The SMILES string of the molecule is CCCC(C)NC(=O)C1N(CCO)C(=O)[C@@H]2[C@H](C(=O)NC)[C@]3(C)CCC12O3. The second-order valence-corrected chi connectivity index (χ2v) is 8.30. The van der Waals surface area contributed by atoms with E-state index in [0.717, 1.165) is 12.8 Å². The van der Waals surface area contributed by atoms with Crippen molar-refractivity contribution in [3.05, 3.63) is 0 Å². The molecule has 0 radical (unpaired) electrons. The first-order valence-electron chi connectivity index (χ1n) is 9.89. The first kappa shape index (κ1) is 20.1. The summed E-state index contributed by atoms with van der Waals surface area (Å²) in [4.78, 5) is 40.4. The van der Waals surface area contributed by atoms with Crippen LogP contribution in [0.1, 0.15) is 46.5 Å². The van der Waals surface area contributed by atoms with Gasteiger partial charge in [-0.25, -0.2) is 0 Å². The normalized spacial score (nSPS) is 38.0. The number of rotatable bonds is 7. The molecular weight excluding hydrogens is 350 g/mol. The van der Waals surface area contributed by atoms with Crippen LogP contribution in [0.15, 0.2) is 0 Å². The van der Waals surface area contributed by atoms with E-state index in [-0.39, 0.29) is 36.9 Å². The Bertz CT molecular complexity index is 641.